The molecule has 1 unspecified atom stereocenters. The fraction of sp³-hybridized carbons (Fsp3) is 0.571. The van der Waals surface area contributed by atoms with Gasteiger partial charge in [0, 0.05) is 19.1 Å². The minimum atomic E-state index is -0.524. The number of hydrogen-bond acceptors (Lipinski definition) is 5. The molecule has 0 radical (unpaired) electrons. The average molecular weight is 387 g/mol. The largest absolute Gasteiger partial charge is 0.444 e. The first-order chi connectivity index (χ1) is 13.2. The lowest BCUT2D eigenvalue weighted by atomic mass is 10.0. The molecule has 2 fully saturated rings. The normalized spacial score (nSPS) is 21.8. The maximum Gasteiger partial charge on any atom is 0.407 e. The molecule has 28 heavy (non-hydrogen) atoms. The summed E-state index contributed by atoms with van der Waals surface area (Å²) >= 11 is 0. The highest BCUT2D eigenvalue weighted by Crippen LogP contribution is 2.24. The molecule has 3 rings (SSSR count). The third-order valence-electron chi connectivity index (χ3n) is 5.09. The van der Waals surface area contributed by atoms with Crippen LogP contribution in [0, 0.1) is 0 Å². The Labute approximate surface area is 166 Å². The summed E-state index contributed by atoms with van der Waals surface area (Å²) in [6.07, 6.45) is 1.29. The molecule has 152 valence electrons. The SMILES string of the molecule is CC(C)(C)OC(=O)NC1CCN(C2CC(=O)N(Cc3ccccc3)C2=O)CC1. The topological polar surface area (TPSA) is 79.0 Å². The van der Waals surface area contributed by atoms with E-state index in [1.807, 2.05) is 51.1 Å². The van der Waals surface area contributed by atoms with Crippen LogP contribution in [0.3, 0.4) is 0 Å². The zero-order valence-electron chi connectivity index (χ0n) is 16.8. The Bertz CT molecular complexity index is 721. The Morgan fingerprint density at radius 2 is 1.79 bits per heavy atom. The van der Waals surface area contributed by atoms with Gasteiger partial charge in [0.2, 0.25) is 11.8 Å². The van der Waals surface area contributed by atoms with Gasteiger partial charge in [0.15, 0.2) is 0 Å². The van der Waals surface area contributed by atoms with E-state index in [-0.39, 0.29) is 24.3 Å². The second kappa shape index (κ2) is 8.31. The number of nitrogens with one attached hydrogen (secondary N) is 1. The number of rotatable bonds is 4. The minimum Gasteiger partial charge on any atom is -0.444 e. The van der Waals surface area contributed by atoms with Crippen molar-refractivity contribution in [2.45, 2.75) is 64.3 Å². The van der Waals surface area contributed by atoms with Gasteiger partial charge in [0.1, 0.15) is 5.60 Å². The second-order valence-corrected chi connectivity index (χ2v) is 8.48. The number of benzene rings is 1. The van der Waals surface area contributed by atoms with Crippen molar-refractivity contribution < 1.29 is 19.1 Å². The molecule has 1 aromatic rings. The summed E-state index contributed by atoms with van der Waals surface area (Å²) in [6.45, 7) is 7.16. The van der Waals surface area contributed by atoms with E-state index in [0.29, 0.717) is 19.6 Å². The lowest BCUT2D eigenvalue weighted by Crippen LogP contribution is -2.50. The zero-order chi connectivity index (χ0) is 20.3. The van der Waals surface area contributed by atoms with Crippen LogP contribution >= 0.6 is 0 Å². The van der Waals surface area contributed by atoms with Crippen molar-refractivity contribution in [3.63, 3.8) is 0 Å². The van der Waals surface area contributed by atoms with E-state index < -0.39 is 17.7 Å². The highest BCUT2D eigenvalue weighted by atomic mass is 16.6. The van der Waals surface area contributed by atoms with Gasteiger partial charge < -0.3 is 10.1 Å². The first-order valence-electron chi connectivity index (χ1n) is 9.84. The van der Waals surface area contributed by atoms with Gasteiger partial charge in [-0.1, -0.05) is 30.3 Å². The van der Waals surface area contributed by atoms with E-state index >= 15 is 0 Å². The number of amides is 3. The van der Waals surface area contributed by atoms with Gasteiger partial charge in [-0.25, -0.2) is 4.79 Å². The van der Waals surface area contributed by atoms with Gasteiger partial charge >= 0.3 is 6.09 Å². The molecule has 3 amide bonds. The van der Waals surface area contributed by atoms with Crippen LogP contribution in [-0.2, 0) is 20.9 Å². The summed E-state index contributed by atoms with van der Waals surface area (Å²) in [5.41, 5.74) is 0.425. The minimum absolute atomic E-state index is 0.0266. The van der Waals surface area contributed by atoms with Gasteiger partial charge in [-0.2, -0.15) is 0 Å². The third-order valence-corrected chi connectivity index (χ3v) is 5.09. The number of likely N-dealkylation sites (tertiary alicyclic amines) is 2. The lowest BCUT2D eigenvalue weighted by molar-refractivity contribution is -0.140. The van der Waals surface area contributed by atoms with Crippen LogP contribution in [0.2, 0.25) is 0 Å². The highest BCUT2D eigenvalue weighted by Gasteiger charge is 2.42. The molecule has 7 nitrogen and oxygen atoms in total. The molecular formula is C21H29N3O4. The number of ether oxygens (including phenoxy) is 1. The van der Waals surface area contributed by atoms with Crippen LogP contribution in [0.5, 0.6) is 0 Å². The number of alkyl carbamates (subject to hydrolysis) is 1. The van der Waals surface area contributed by atoms with Gasteiger partial charge in [-0.3, -0.25) is 19.4 Å². The van der Waals surface area contributed by atoms with E-state index in [1.54, 1.807) is 0 Å². The molecule has 2 saturated heterocycles. The molecule has 7 heteroatoms. The Balaban J connectivity index is 1.51. The van der Waals surface area contributed by atoms with Crippen molar-refractivity contribution >= 4 is 17.9 Å². The van der Waals surface area contributed by atoms with Crippen LogP contribution in [0.25, 0.3) is 0 Å². The maximum absolute atomic E-state index is 12.8. The molecule has 1 N–H and O–H groups in total. The van der Waals surface area contributed by atoms with E-state index in [0.717, 1.165) is 18.4 Å². The molecule has 1 aromatic carbocycles. The number of nitrogens with zero attached hydrogens (tertiary/aromatic N) is 2. The number of piperidine rings is 1. The smallest absolute Gasteiger partial charge is 0.407 e. The molecule has 0 bridgehead atoms. The summed E-state index contributed by atoms with van der Waals surface area (Å²) < 4.78 is 5.30. The Hall–Kier alpha value is -2.41. The number of hydrogen-bond donors (Lipinski definition) is 1. The Kier molecular flexibility index (Phi) is 6.03. The molecule has 2 aliphatic heterocycles. The van der Waals surface area contributed by atoms with Crippen molar-refractivity contribution in [1.29, 1.82) is 0 Å². The summed E-state index contributed by atoms with van der Waals surface area (Å²) in [5.74, 6) is -0.236. The summed E-state index contributed by atoms with van der Waals surface area (Å²) in [6, 6.07) is 9.19. The van der Waals surface area contributed by atoms with E-state index in [1.165, 1.54) is 4.90 Å². The van der Waals surface area contributed by atoms with Gasteiger partial charge in [-0.05, 0) is 39.2 Å². The predicted molar refractivity (Wildman–Crippen MR) is 104 cm³/mol. The maximum atomic E-state index is 12.8. The van der Waals surface area contributed by atoms with Crippen LogP contribution in [0.15, 0.2) is 30.3 Å². The molecule has 2 aliphatic rings. The van der Waals surface area contributed by atoms with Crippen molar-refractivity contribution in [1.82, 2.24) is 15.1 Å². The lowest BCUT2D eigenvalue weighted by Gasteiger charge is -2.35. The van der Waals surface area contributed by atoms with E-state index in [2.05, 4.69) is 10.2 Å². The summed E-state index contributed by atoms with van der Waals surface area (Å²) in [5, 5.41) is 2.90. The first kappa shape index (κ1) is 20.3. The standard InChI is InChI=1S/C21H29N3O4/c1-21(2,3)28-20(27)22-16-9-11-23(12-10-16)17-13-18(25)24(19(17)26)14-15-7-5-4-6-8-15/h4-8,16-17H,9-14H2,1-3H3,(H,22,27). The number of carbonyl (C=O) groups is 3. The van der Waals surface area contributed by atoms with Crippen molar-refractivity contribution in [2.75, 3.05) is 13.1 Å². The second-order valence-electron chi connectivity index (χ2n) is 8.48. The molecule has 0 saturated carbocycles. The fourth-order valence-electron chi connectivity index (χ4n) is 3.71. The first-order valence-corrected chi connectivity index (χ1v) is 9.84. The van der Waals surface area contributed by atoms with Crippen LogP contribution in [0.1, 0.15) is 45.6 Å². The van der Waals surface area contributed by atoms with Crippen molar-refractivity contribution in [3.8, 4) is 0 Å². The molecule has 1 atom stereocenters. The molecule has 0 aromatic heterocycles. The summed E-state index contributed by atoms with van der Waals surface area (Å²) in [7, 11) is 0. The van der Waals surface area contributed by atoms with Crippen LogP contribution in [0.4, 0.5) is 4.79 Å². The average Bonchev–Trinajstić information content (AvgIpc) is 2.90. The van der Waals surface area contributed by atoms with E-state index in [4.69, 9.17) is 4.74 Å². The highest BCUT2D eigenvalue weighted by molar-refractivity contribution is 6.05. The van der Waals surface area contributed by atoms with Crippen LogP contribution < -0.4 is 5.32 Å². The summed E-state index contributed by atoms with van der Waals surface area (Å²) in [4.78, 5) is 40.6. The molecular weight excluding hydrogens is 358 g/mol. The molecule has 2 heterocycles. The quantitative estimate of drug-likeness (QED) is 0.802. The third kappa shape index (κ3) is 5.10. The Morgan fingerprint density at radius 1 is 1.14 bits per heavy atom. The van der Waals surface area contributed by atoms with Crippen molar-refractivity contribution in [3.05, 3.63) is 35.9 Å². The zero-order valence-corrected chi connectivity index (χ0v) is 16.8. The van der Waals surface area contributed by atoms with Gasteiger partial charge in [0.05, 0.1) is 19.0 Å². The monoisotopic (exact) mass is 387 g/mol. The molecule has 0 spiro atoms. The predicted octanol–water partition coefficient (Wildman–Crippen LogP) is 2.30. The fourth-order valence-corrected chi connectivity index (χ4v) is 3.71. The molecule has 0 aliphatic carbocycles. The number of carbonyl (C=O) groups excluding carboxylic acids is 3. The van der Waals surface area contributed by atoms with Gasteiger partial charge in [0.25, 0.3) is 0 Å². The van der Waals surface area contributed by atoms with Gasteiger partial charge in [-0.15, -0.1) is 0 Å². The van der Waals surface area contributed by atoms with E-state index in [9.17, 15) is 14.4 Å². The van der Waals surface area contributed by atoms with Crippen LogP contribution in [-0.4, -0.2) is 58.5 Å². The number of imide groups is 1. The van der Waals surface area contributed by atoms with Crippen molar-refractivity contribution in [2.24, 2.45) is 0 Å². The Morgan fingerprint density at radius 3 is 2.39 bits per heavy atom.